The Morgan fingerprint density at radius 2 is 2.10 bits per heavy atom. The van der Waals surface area contributed by atoms with Crippen molar-refractivity contribution in [2.75, 3.05) is 7.11 Å². The molecule has 0 amide bonds. The number of benzene rings is 1. The number of nitrogens with two attached hydrogens (primary N) is 1. The van der Waals surface area contributed by atoms with E-state index in [1.165, 1.54) is 0 Å². The van der Waals surface area contributed by atoms with Crippen molar-refractivity contribution in [2.24, 2.45) is 5.73 Å². The Bertz CT molecular complexity index is 857. The SMILES string of the molecule is COC(=O)C(C#N)=C(N)c1c(C)c2ccccc2oc1=N. The van der Waals surface area contributed by atoms with Crippen LogP contribution in [0.1, 0.15) is 11.1 Å². The summed E-state index contributed by atoms with van der Waals surface area (Å²) in [5.41, 5.74) is 6.63. The highest BCUT2D eigenvalue weighted by atomic mass is 16.5. The Hall–Kier alpha value is -3.07. The average molecular weight is 283 g/mol. The molecule has 3 N–H and O–H groups in total. The van der Waals surface area contributed by atoms with Crippen LogP contribution in [0.15, 0.2) is 34.3 Å². The number of methoxy groups -OCH3 is 1. The molecule has 1 aromatic heterocycles. The van der Waals surface area contributed by atoms with E-state index in [0.717, 1.165) is 12.5 Å². The van der Waals surface area contributed by atoms with Crippen LogP contribution >= 0.6 is 0 Å². The first-order valence-electron chi connectivity index (χ1n) is 6.06. The lowest BCUT2D eigenvalue weighted by Crippen LogP contribution is -2.18. The fraction of sp³-hybridized carbons (Fsp3) is 0.133. The summed E-state index contributed by atoms with van der Waals surface area (Å²) in [5.74, 6) is -0.845. The van der Waals surface area contributed by atoms with E-state index in [9.17, 15) is 4.79 Å². The third-order valence-corrected chi connectivity index (χ3v) is 3.15. The quantitative estimate of drug-likeness (QED) is 0.493. The molecule has 0 unspecified atom stereocenters. The first-order chi connectivity index (χ1) is 10.0. The molecule has 1 aromatic carbocycles. The lowest BCUT2D eigenvalue weighted by atomic mass is 10.0. The number of aryl methyl sites for hydroxylation is 1. The van der Waals surface area contributed by atoms with E-state index in [-0.39, 0.29) is 22.4 Å². The molecule has 1 heterocycles. The Labute approximate surface area is 120 Å². The van der Waals surface area contributed by atoms with Gasteiger partial charge in [-0.1, -0.05) is 18.2 Å². The highest BCUT2D eigenvalue weighted by Gasteiger charge is 2.19. The maximum absolute atomic E-state index is 11.6. The Balaban J connectivity index is 2.84. The van der Waals surface area contributed by atoms with Gasteiger partial charge in [0, 0.05) is 5.39 Å². The van der Waals surface area contributed by atoms with Gasteiger partial charge in [-0.2, -0.15) is 5.26 Å². The first kappa shape index (κ1) is 14.3. The van der Waals surface area contributed by atoms with Gasteiger partial charge in [-0.05, 0) is 18.6 Å². The molecular formula is C15H13N3O3. The van der Waals surface area contributed by atoms with Crippen molar-refractivity contribution in [3.63, 3.8) is 0 Å². The lowest BCUT2D eigenvalue weighted by molar-refractivity contribution is -0.135. The molecule has 0 atom stereocenters. The van der Waals surface area contributed by atoms with Gasteiger partial charge >= 0.3 is 5.97 Å². The number of carbonyl (C=O) groups is 1. The van der Waals surface area contributed by atoms with E-state index in [1.807, 2.05) is 12.1 Å². The summed E-state index contributed by atoms with van der Waals surface area (Å²) in [6, 6.07) is 8.87. The molecule has 21 heavy (non-hydrogen) atoms. The summed E-state index contributed by atoms with van der Waals surface area (Å²) in [4.78, 5) is 11.6. The van der Waals surface area contributed by atoms with Crippen LogP contribution in [0.4, 0.5) is 0 Å². The third kappa shape index (κ3) is 2.37. The van der Waals surface area contributed by atoms with Gasteiger partial charge in [0.15, 0.2) is 5.57 Å². The van der Waals surface area contributed by atoms with Crippen LogP contribution in [0, 0.1) is 23.7 Å². The van der Waals surface area contributed by atoms with Crippen LogP contribution in [0.2, 0.25) is 0 Å². The monoisotopic (exact) mass is 283 g/mol. The maximum atomic E-state index is 11.6. The van der Waals surface area contributed by atoms with E-state index >= 15 is 0 Å². The van der Waals surface area contributed by atoms with E-state index < -0.39 is 5.97 Å². The number of rotatable bonds is 2. The lowest BCUT2D eigenvalue weighted by Gasteiger charge is -2.10. The second kappa shape index (κ2) is 5.51. The van der Waals surface area contributed by atoms with Gasteiger partial charge in [-0.3, -0.25) is 5.41 Å². The summed E-state index contributed by atoms with van der Waals surface area (Å²) < 4.78 is 9.92. The number of nitriles is 1. The van der Waals surface area contributed by atoms with E-state index in [2.05, 4.69) is 4.74 Å². The number of fused-ring (bicyclic) bond motifs is 1. The number of para-hydroxylation sites is 1. The third-order valence-electron chi connectivity index (χ3n) is 3.15. The zero-order valence-electron chi connectivity index (χ0n) is 11.6. The molecule has 0 aliphatic carbocycles. The summed E-state index contributed by atoms with van der Waals surface area (Å²) in [6.45, 7) is 1.75. The number of nitrogens with zero attached hydrogens (tertiary/aromatic N) is 1. The second-order valence-corrected chi connectivity index (χ2v) is 4.32. The van der Waals surface area contributed by atoms with Crippen molar-refractivity contribution in [3.05, 3.63) is 46.5 Å². The van der Waals surface area contributed by atoms with Gasteiger partial charge in [-0.15, -0.1) is 0 Å². The minimum atomic E-state index is -0.845. The zero-order chi connectivity index (χ0) is 15.6. The van der Waals surface area contributed by atoms with Crippen molar-refractivity contribution >= 4 is 22.6 Å². The molecule has 0 saturated carbocycles. The molecule has 6 nitrogen and oxygen atoms in total. The molecule has 2 aromatic rings. The van der Waals surface area contributed by atoms with E-state index in [1.54, 1.807) is 25.1 Å². The molecule has 0 spiro atoms. The predicted octanol–water partition coefficient (Wildman–Crippen LogP) is 1.59. The molecule has 0 aliphatic heterocycles. The van der Waals surface area contributed by atoms with E-state index in [4.69, 9.17) is 20.8 Å². The fourth-order valence-electron chi connectivity index (χ4n) is 2.10. The number of ether oxygens (including phenoxy) is 1. The summed E-state index contributed by atoms with van der Waals surface area (Å²) in [5, 5.41) is 17.8. The van der Waals surface area contributed by atoms with Gasteiger partial charge in [-0.25, -0.2) is 4.79 Å². The molecule has 0 bridgehead atoms. The molecule has 0 aliphatic rings. The normalized spacial score (nSPS) is 11.7. The van der Waals surface area contributed by atoms with Crippen LogP contribution in [0.25, 0.3) is 16.7 Å². The van der Waals surface area contributed by atoms with Gasteiger partial charge in [0.05, 0.1) is 18.4 Å². The van der Waals surface area contributed by atoms with Crippen LogP contribution < -0.4 is 11.3 Å². The standard InChI is InChI=1S/C15H13N3O3/c1-8-9-5-3-4-6-11(9)21-14(18)12(8)13(17)10(7-16)15(19)20-2/h3-6,18H,17H2,1-2H3. The molecule has 2 rings (SSSR count). The summed E-state index contributed by atoms with van der Waals surface area (Å²) >= 11 is 0. The van der Waals surface area contributed by atoms with E-state index in [0.29, 0.717) is 11.1 Å². The van der Waals surface area contributed by atoms with Crippen molar-refractivity contribution in [3.8, 4) is 6.07 Å². The van der Waals surface area contributed by atoms with Gasteiger partial charge in [0.25, 0.3) is 0 Å². The highest BCUT2D eigenvalue weighted by Crippen LogP contribution is 2.23. The van der Waals surface area contributed by atoms with Crippen LogP contribution in [0.5, 0.6) is 0 Å². The van der Waals surface area contributed by atoms with Crippen molar-refractivity contribution < 1.29 is 13.9 Å². The molecule has 0 radical (unpaired) electrons. The number of hydrogen-bond donors (Lipinski definition) is 2. The minimum Gasteiger partial charge on any atom is -0.465 e. The molecule has 6 heteroatoms. The van der Waals surface area contributed by atoms with Gasteiger partial charge in [0.1, 0.15) is 11.7 Å². The Kier molecular flexibility index (Phi) is 3.76. The molecule has 106 valence electrons. The van der Waals surface area contributed by atoms with Crippen LogP contribution in [0.3, 0.4) is 0 Å². The fourth-order valence-corrected chi connectivity index (χ4v) is 2.10. The second-order valence-electron chi connectivity index (χ2n) is 4.32. The first-order valence-corrected chi connectivity index (χ1v) is 6.06. The smallest absolute Gasteiger partial charge is 0.350 e. The zero-order valence-corrected chi connectivity index (χ0v) is 11.6. The largest absolute Gasteiger partial charge is 0.465 e. The molecule has 0 saturated heterocycles. The van der Waals surface area contributed by atoms with Crippen molar-refractivity contribution in [2.45, 2.75) is 6.92 Å². The highest BCUT2D eigenvalue weighted by molar-refractivity contribution is 6.01. The van der Waals surface area contributed by atoms with Crippen molar-refractivity contribution in [1.82, 2.24) is 0 Å². The number of carbonyl (C=O) groups excluding carboxylic acids is 1. The van der Waals surface area contributed by atoms with Gasteiger partial charge in [0.2, 0.25) is 5.55 Å². The Morgan fingerprint density at radius 3 is 2.71 bits per heavy atom. The number of esters is 1. The van der Waals surface area contributed by atoms with Crippen molar-refractivity contribution in [1.29, 1.82) is 10.7 Å². The van der Waals surface area contributed by atoms with Crippen LogP contribution in [-0.4, -0.2) is 13.1 Å². The molecule has 0 fully saturated rings. The topological polar surface area (TPSA) is 113 Å². The Morgan fingerprint density at radius 1 is 1.43 bits per heavy atom. The maximum Gasteiger partial charge on any atom is 0.350 e. The minimum absolute atomic E-state index is 0.124. The average Bonchev–Trinajstić information content (AvgIpc) is 2.47. The summed E-state index contributed by atoms with van der Waals surface area (Å²) in [7, 11) is 1.16. The van der Waals surface area contributed by atoms with Crippen LogP contribution in [-0.2, 0) is 9.53 Å². The molecular weight excluding hydrogens is 270 g/mol. The van der Waals surface area contributed by atoms with Gasteiger partial charge < -0.3 is 14.9 Å². The summed E-state index contributed by atoms with van der Waals surface area (Å²) in [6.07, 6.45) is 0. The number of nitrogens with one attached hydrogen (secondary N) is 1. The predicted molar refractivity (Wildman–Crippen MR) is 75.5 cm³/mol. The number of hydrogen-bond acceptors (Lipinski definition) is 6.